The third-order valence-corrected chi connectivity index (χ3v) is 4.67. The molecule has 5 nitrogen and oxygen atoms in total. The molecule has 0 fully saturated rings. The maximum absolute atomic E-state index is 12.1. The van der Waals surface area contributed by atoms with Crippen molar-refractivity contribution in [2.75, 3.05) is 6.54 Å². The fourth-order valence-corrected chi connectivity index (χ4v) is 3.11. The molecule has 0 aliphatic heterocycles. The summed E-state index contributed by atoms with van der Waals surface area (Å²) in [6, 6.07) is 13.6. The molecule has 3 aromatic rings. The van der Waals surface area contributed by atoms with Crippen molar-refractivity contribution in [2.24, 2.45) is 5.73 Å². The summed E-state index contributed by atoms with van der Waals surface area (Å²) in [5.74, 6) is 0.685. The molecule has 1 amide bonds. The van der Waals surface area contributed by atoms with Gasteiger partial charge in [0.05, 0.1) is 5.69 Å². The predicted molar refractivity (Wildman–Crippen MR) is 116 cm³/mol. The lowest BCUT2D eigenvalue weighted by Crippen LogP contribution is -2.45. The average molecular weight is 427 g/mol. The van der Waals surface area contributed by atoms with Gasteiger partial charge in [-0.1, -0.05) is 6.07 Å². The number of imidazole rings is 1. The Hall–Kier alpha value is -1.73. The second kappa shape index (κ2) is 9.99. The normalized spacial score (nSPS) is 10.8. The maximum atomic E-state index is 12.1. The number of halogens is 2. The quantitative estimate of drug-likeness (QED) is 0.585. The minimum atomic E-state index is -0.417. The zero-order valence-electron chi connectivity index (χ0n) is 15.2. The van der Waals surface area contributed by atoms with Crippen molar-refractivity contribution >= 4 is 48.1 Å². The lowest BCUT2D eigenvalue weighted by molar-refractivity contribution is 0.0946. The zero-order chi connectivity index (χ0) is 17.9. The lowest BCUT2D eigenvalue weighted by atomic mass is 10.1. The Balaban J connectivity index is 0.00000182. The Labute approximate surface area is 175 Å². The van der Waals surface area contributed by atoms with Gasteiger partial charge in [-0.2, -0.15) is 0 Å². The van der Waals surface area contributed by atoms with Gasteiger partial charge in [-0.3, -0.25) is 4.79 Å². The number of amides is 1. The molecule has 0 atom stereocenters. The molecule has 0 saturated carbocycles. The number of benzene rings is 1. The SMILES string of the molecule is CC(C)(N)CNC(=O)c1ccc(SCc2cn3ccccc3n2)cc1.Cl.Cl. The van der Waals surface area contributed by atoms with E-state index in [9.17, 15) is 4.79 Å². The van der Waals surface area contributed by atoms with Crippen LogP contribution >= 0.6 is 36.6 Å². The lowest BCUT2D eigenvalue weighted by Gasteiger charge is -2.18. The highest BCUT2D eigenvalue weighted by Crippen LogP contribution is 2.23. The first-order valence-corrected chi connectivity index (χ1v) is 9.12. The van der Waals surface area contributed by atoms with Crippen LogP contribution < -0.4 is 11.1 Å². The van der Waals surface area contributed by atoms with Crippen LogP contribution in [0.3, 0.4) is 0 Å². The highest BCUT2D eigenvalue weighted by molar-refractivity contribution is 7.98. The Morgan fingerprint density at radius 2 is 1.89 bits per heavy atom. The van der Waals surface area contributed by atoms with E-state index in [2.05, 4.69) is 10.3 Å². The molecule has 1 aromatic carbocycles. The van der Waals surface area contributed by atoms with Crippen LogP contribution in [0.1, 0.15) is 29.9 Å². The van der Waals surface area contributed by atoms with Crippen molar-refractivity contribution in [1.29, 1.82) is 0 Å². The number of hydrogen-bond donors (Lipinski definition) is 2. The zero-order valence-corrected chi connectivity index (χ0v) is 17.7. The Morgan fingerprint density at radius 3 is 2.52 bits per heavy atom. The molecule has 8 heteroatoms. The summed E-state index contributed by atoms with van der Waals surface area (Å²) in [4.78, 5) is 17.8. The number of hydrogen-bond acceptors (Lipinski definition) is 4. The molecule has 0 saturated heterocycles. The molecule has 3 rings (SSSR count). The third kappa shape index (κ3) is 6.74. The van der Waals surface area contributed by atoms with Crippen LogP contribution in [0, 0.1) is 0 Å². The number of nitrogens with one attached hydrogen (secondary N) is 1. The standard InChI is InChI=1S/C19H22N4OS.2ClH/c1-19(2,20)13-21-18(24)14-6-8-16(9-7-14)25-12-15-11-23-10-4-3-5-17(23)22-15;;/h3-11H,12-13,20H2,1-2H3,(H,21,24);2*1H. The second-order valence-electron chi connectivity index (χ2n) is 6.68. The largest absolute Gasteiger partial charge is 0.350 e. The van der Waals surface area contributed by atoms with Crippen LogP contribution in [0.5, 0.6) is 0 Å². The molecule has 3 N–H and O–H groups in total. The van der Waals surface area contributed by atoms with E-state index in [4.69, 9.17) is 5.73 Å². The van der Waals surface area contributed by atoms with Gasteiger partial charge in [0.1, 0.15) is 5.65 Å². The van der Waals surface area contributed by atoms with E-state index in [1.165, 1.54) is 0 Å². The van der Waals surface area contributed by atoms with Gasteiger partial charge in [0.15, 0.2) is 0 Å². The van der Waals surface area contributed by atoms with Gasteiger partial charge in [0, 0.05) is 40.7 Å². The summed E-state index contributed by atoms with van der Waals surface area (Å²) in [7, 11) is 0. The Bertz CT molecular complexity index is 842. The summed E-state index contributed by atoms with van der Waals surface area (Å²) in [5, 5.41) is 2.85. The number of nitrogens with two attached hydrogens (primary N) is 1. The number of pyridine rings is 1. The smallest absolute Gasteiger partial charge is 0.251 e. The summed E-state index contributed by atoms with van der Waals surface area (Å²) >= 11 is 1.70. The number of rotatable bonds is 6. The topological polar surface area (TPSA) is 72.4 Å². The Kier molecular flexibility index (Phi) is 8.62. The first-order valence-electron chi connectivity index (χ1n) is 8.13. The van der Waals surface area contributed by atoms with Gasteiger partial charge < -0.3 is 15.5 Å². The van der Waals surface area contributed by atoms with Crippen molar-refractivity contribution in [1.82, 2.24) is 14.7 Å². The molecule has 0 aliphatic rings. The van der Waals surface area contributed by atoms with Crippen molar-refractivity contribution in [3.8, 4) is 0 Å². The molecular formula is C19H24Cl2N4OS. The molecule has 0 unspecified atom stereocenters. The van der Waals surface area contributed by atoms with Gasteiger partial charge in [0.25, 0.3) is 5.91 Å². The van der Waals surface area contributed by atoms with Crippen LogP contribution in [0.15, 0.2) is 59.8 Å². The fourth-order valence-electron chi connectivity index (χ4n) is 2.33. The highest BCUT2D eigenvalue weighted by atomic mass is 35.5. The summed E-state index contributed by atoms with van der Waals surface area (Å²) in [6.07, 6.45) is 4.03. The monoisotopic (exact) mass is 426 g/mol. The molecule has 27 heavy (non-hydrogen) atoms. The van der Waals surface area contributed by atoms with Crippen LogP contribution in [-0.2, 0) is 5.75 Å². The first kappa shape index (κ1) is 23.3. The van der Waals surface area contributed by atoms with Crippen LogP contribution in [-0.4, -0.2) is 27.4 Å². The molecule has 0 radical (unpaired) electrons. The van der Waals surface area contributed by atoms with Gasteiger partial charge >= 0.3 is 0 Å². The maximum Gasteiger partial charge on any atom is 0.251 e. The van der Waals surface area contributed by atoms with Crippen molar-refractivity contribution < 1.29 is 4.79 Å². The molecule has 2 heterocycles. The molecule has 0 bridgehead atoms. The second-order valence-corrected chi connectivity index (χ2v) is 7.73. The van der Waals surface area contributed by atoms with Gasteiger partial charge in [0.2, 0.25) is 0 Å². The number of carbonyl (C=O) groups is 1. The molecule has 0 spiro atoms. The summed E-state index contributed by atoms with van der Waals surface area (Å²) < 4.78 is 2.02. The predicted octanol–water partition coefficient (Wildman–Crippen LogP) is 3.94. The summed E-state index contributed by atoms with van der Waals surface area (Å²) in [5.41, 5.74) is 8.09. The number of fused-ring (bicyclic) bond motifs is 1. The van der Waals surface area contributed by atoms with Gasteiger partial charge in [-0.05, 0) is 50.2 Å². The highest BCUT2D eigenvalue weighted by Gasteiger charge is 2.13. The number of thioether (sulfide) groups is 1. The fraction of sp³-hybridized carbons (Fsp3) is 0.263. The summed E-state index contributed by atoms with van der Waals surface area (Å²) in [6.45, 7) is 4.20. The van der Waals surface area contributed by atoms with Gasteiger partial charge in [-0.15, -0.1) is 36.6 Å². The van der Waals surface area contributed by atoms with Crippen LogP contribution in [0.25, 0.3) is 5.65 Å². The van der Waals surface area contributed by atoms with E-state index in [-0.39, 0.29) is 30.7 Å². The van der Waals surface area contributed by atoms with E-state index < -0.39 is 5.54 Å². The van der Waals surface area contributed by atoms with E-state index in [1.807, 2.05) is 73.1 Å². The molecule has 2 aromatic heterocycles. The average Bonchev–Trinajstić information content (AvgIpc) is 3.00. The minimum absolute atomic E-state index is 0. The molecular weight excluding hydrogens is 403 g/mol. The van der Waals surface area contributed by atoms with E-state index in [0.29, 0.717) is 12.1 Å². The Morgan fingerprint density at radius 1 is 1.19 bits per heavy atom. The number of aromatic nitrogens is 2. The third-order valence-electron chi connectivity index (χ3n) is 3.62. The molecule has 146 valence electrons. The van der Waals surface area contributed by atoms with E-state index >= 15 is 0 Å². The number of nitrogens with zero attached hydrogens (tertiary/aromatic N) is 2. The molecule has 0 aliphatic carbocycles. The van der Waals surface area contributed by atoms with Crippen molar-refractivity contribution in [2.45, 2.75) is 30.0 Å². The minimum Gasteiger partial charge on any atom is -0.350 e. The van der Waals surface area contributed by atoms with Crippen molar-refractivity contribution in [3.05, 3.63) is 66.1 Å². The van der Waals surface area contributed by atoms with Crippen LogP contribution in [0.2, 0.25) is 0 Å². The number of carbonyl (C=O) groups excluding carboxylic acids is 1. The van der Waals surface area contributed by atoms with E-state index in [1.54, 1.807) is 11.8 Å². The van der Waals surface area contributed by atoms with Crippen LogP contribution in [0.4, 0.5) is 0 Å². The van der Waals surface area contributed by atoms with Crippen molar-refractivity contribution in [3.63, 3.8) is 0 Å². The first-order chi connectivity index (χ1) is 11.9. The van der Waals surface area contributed by atoms with Gasteiger partial charge in [-0.25, -0.2) is 4.98 Å². The van der Waals surface area contributed by atoms with E-state index in [0.717, 1.165) is 22.0 Å².